The Morgan fingerprint density at radius 3 is 2.71 bits per heavy atom. The lowest BCUT2D eigenvalue weighted by Gasteiger charge is -2.28. The minimum absolute atomic E-state index is 0.0865. The number of rotatable bonds is 3. The molecule has 0 spiro atoms. The first-order valence-electron chi connectivity index (χ1n) is 5.43. The van der Waals surface area contributed by atoms with Crippen LogP contribution in [0.15, 0.2) is 18.2 Å². The molecule has 1 saturated heterocycles. The maximum Gasteiger partial charge on any atom is 0.292 e. The molecule has 5 nitrogen and oxygen atoms in total. The highest BCUT2D eigenvalue weighted by atomic mass is 32.2. The van der Waals surface area contributed by atoms with Gasteiger partial charge in [0.05, 0.1) is 11.5 Å². The van der Waals surface area contributed by atoms with Crippen molar-refractivity contribution >= 4 is 23.1 Å². The van der Waals surface area contributed by atoms with Crippen LogP contribution in [0.3, 0.4) is 0 Å². The van der Waals surface area contributed by atoms with Gasteiger partial charge in [0.15, 0.2) is 0 Å². The van der Waals surface area contributed by atoms with Crippen LogP contribution in [-0.4, -0.2) is 34.6 Å². The van der Waals surface area contributed by atoms with E-state index in [-0.39, 0.29) is 17.2 Å². The highest BCUT2D eigenvalue weighted by Gasteiger charge is 2.21. The van der Waals surface area contributed by atoms with Gasteiger partial charge >= 0.3 is 0 Å². The van der Waals surface area contributed by atoms with Crippen molar-refractivity contribution in [2.24, 2.45) is 0 Å². The Bertz CT molecular complexity index is 419. The molecule has 1 aliphatic rings. The third kappa shape index (κ3) is 2.70. The molecule has 17 heavy (non-hydrogen) atoms. The molecule has 2 rings (SSSR count). The molecular weight excluding hydrogens is 240 g/mol. The Hall–Kier alpha value is -1.27. The van der Waals surface area contributed by atoms with E-state index in [9.17, 15) is 10.1 Å². The topological polar surface area (TPSA) is 66.6 Å². The van der Waals surface area contributed by atoms with Crippen LogP contribution in [0.1, 0.15) is 5.56 Å². The van der Waals surface area contributed by atoms with Crippen LogP contribution in [-0.2, 0) is 6.61 Å². The molecule has 6 heteroatoms. The maximum absolute atomic E-state index is 11.0. The van der Waals surface area contributed by atoms with Gasteiger partial charge in [-0.2, -0.15) is 11.8 Å². The van der Waals surface area contributed by atoms with Crippen molar-refractivity contribution in [3.8, 4) is 0 Å². The highest BCUT2D eigenvalue weighted by Crippen LogP contribution is 2.30. The molecule has 1 N–H and O–H groups in total. The SMILES string of the molecule is O=[N+]([O-])c1cc(CO)ccc1N1CCSCC1. The largest absolute Gasteiger partial charge is 0.392 e. The van der Waals surface area contributed by atoms with Gasteiger partial charge in [0.2, 0.25) is 0 Å². The number of benzene rings is 1. The minimum Gasteiger partial charge on any atom is -0.392 e. The van der Waals surface area contributed by atoms with Crippen molar-refractivity contribution in [3.63, 3.8) is 0 Å². The van der Waals surface area contributed by atoms with Crippen LogP contribution in [0.2, 0.25) is 0 Å². The molecule has 0 saturated carbocycles. The number of nitro groups is 1. The molecule has 92 valence electrons. The average Bonchev–Trinajstić information content (AvgIpc) is 2.39. The second-order valence-electron chi connectivity index (χ2n) is 3.84. The number of aliphatic hydroxyl groups is 1. The summed E-state index contributed by atoms with van der Waals surface area (Å²) < 4.78 is 0. The Morgan fingerprint density at radius 2 is 2.12 bits per heavy atom. The summed E-state index contributed by atoms with van der Waals surface area (Å²) >= 11 is 1.86. The number of nitrogens with zero attached hydrogens (tertiary/aromatic N) is 2. The van der Waals surface area contributed by atoms with Gasteiger partial charge in [-0.15, -0.1) is 0 Å². The van der Waals surface area contributed by atoms with E-state index in [0.717, 1.165) is 24.6 Å². The standard InChI is InChI=1S/C11H14N2O3S/c14-8-9-1-2-10(11(7-9)13(15)16)12-3-5-17-6-4-12/h1-2,7,14H,3-6,8H2. The van der Waals surface area contributed by atoms with E-state index < -0.39 is 0 Å². The van der Waals surface area contributed by atoms with Crippen molar-refractivity contribution in [3.05, 3.63) is 33.9 Å². The van der Waals surface area contributed by atoms with E-state index >= 15 is 0 Å². The van der Waals surface area contributed by atoms with Crippen molar-refractivity contribution < 1.29 is 10.0 Å². The van der Waals surface area contributed by atoms with Gasteiger partial charge in [0.25, 0.3) is 5.69 Å². The average molecular weight is 254 g/mol. The molecule has 1 heterocycles. The number of hydrogen-bond acceptors (Lipinski definition) is 5. The molecule has 0 amide bonds. The lowest BCUT2D eigenvalue weighted by atomic mass is 10.1. The number of hydrogen-bond donors (Lipinski definition) is 1. The van der Waals surface area contributed by atoms with Gasteiger partial charge in [-0.25, -0.2) is 0 Å². The van der Waals surface area contributed by atoms with E-state index in [2.05, 4.69) is 0 Å². The Morgan fingerprint density at radius 1 is 1.41 bits per heavy atom. The van der Waals surface area contributed by atoms with Crippen LogP contribution in [0.4, 0.5) is 11.4 Å². The number of anilines is 1. The Kier molecular flexibility index (Phi) is 3.86. The van der Waals surface area contributed by atoms with Crippen molar-refractivity contribution in [2.45, 2.75) is 6.61 Å². The molecule has 0 aromatic heterocycles. The molecule has 1 aromatic rings. The van der Waals surface area contributed by atoms with Crippen molar-refractivity contribution in [2.75, 3.05) is 29.5 Å². The number of thioether (sulfide) groups is 1. The van der Waals surface area contributed by atoms with Gasteiger partial charge in [-0.1, -0.05) is 6.07 Å². The third-order valence-corrected chi connectivity index (χ3v) is 3.71. The lowest BCUT2D eigenvalue weighted by Crippen LogP contribution is -2.32. The zero-order chi connectivity index (χ0) is 12.3. The fraction of sp³-hybridized carbons (Fsp3) is 0.455. The van der Waals surface area contributed by atoms with Crippen LogP contribution in [0.5, 0.6) is 0 Å². The van der Waals surface area contributed by atoms with Gasteiger partial charge in [0.1, 0.15) is 5.69 Å². The molecule has 1 aliphatic heterocycles. The van der Waals surface area contributed by atoms with Crippen LogP contribution in [0, 0.1) is 10.1 Å². The highest BCUT2D eigenvalue weighted by molar-refractivity contribution is 7.99. The summed E-state index contributed by atoms with van der Waals surface area (Å²) in [6, 6.07) is 4.93. The smallest absolute Gasteiger partial charge is 0.292 e. The first-order chi connectivity index (χ1) is 8.22. The molecule has 0 unspecified atom stereocenters. The van der Waals surface area contributed by atoms with Gasteiger partial charge in [-0.05, 0) is 11.6 Å². The molecule has 0 atom stereocenters. The first-order valence-corrected chi connectivity index (χ1v) is 6.58. The fourth-order valence-corrected chi connectivity index (χ4v) is 2.79. The summed E-state index contributed by atoms with van der Waals surface area (Å²) in [6.45, 7) is 1.50. The van der Waals surface area contributed by atoms with Crippen LogP contribution in [0.25, 0.3) is 0 Å². The second-order valence-corrected chi connectivity index (χ2v) is 5.06. The maximum atomic E-state index is 11.0. The fourth-order valence-electron chi connectivity index (χ4n) is 1.89. The van der Waals surface area contributed by atoms with Crippen molar-refractivity contribution in [1.29, 1.82) is 0 Å². The van der Waals surface area contributed by atoms with E-state index in [1.165, 1.54) is 6.07 Å². The molecule has 0 aliphatic carbocycles. The molecule has 1 fully saturated rings. The van der Waals surface area contributed by atoms with E-state index in [1.807, 2.05) is 16.7 Å². The summed E-state index contributed by atoms with van der Waals surface area (Å²) in [6.07, 6.45) is 0. The summed E-state index contributed by atoms with van der Waals surface area (Å²) in [7, 11) is 0. The first kappa shape index (κ1) is 12.2. The third-order valence-electron chi connectivity index (χ3n) is 2.77. The summed E-state index contributed by atoms with van der Waals surface area (Å²) in [5, 5.41) is 20.0. The molecular formula is C11H14N2O3S. The molecule has 0 radical (unpaired) electrons. The monoisotopic (exact) mass is 254 g/mol. The zero-order valence-corrected chi connectivity index (χ0v) is 10.2. The predicted octanol–water partition coefficient (Wildman–Crippen LogP) is 1.64. The number of nitro benzene ring substituents is 1. The van der Waals surface area contributed by atoms with Gasteiger partial charge in [0, 0.05) is 30.7 Å². The van der Waals surface area contributed by atoms with E-state index in [0.29, 0.717) is 11.3 Å². The predicted molar refractivity (Wildman–Crippen MR) is 68.6 cm³/mol. The minimum atomic E-state index is -0.379. The van der Waals surface area contributed by atoms with E-state index in [4.69, 9.17) is 5.11 Å². The van der Waals surface area contributed by atoms with Gasteiger partial charge in [-0.3, -0.25) is 10.1 Å². The molecule has 1 aromatic carbocycles. The summed E-state index contributed by atoms with van der Waals surface area (Å²) in [4.78, 5) is 12.7. The lowest BCUT2D eigenvalue weighted by molar-refractivity contribution is -0.384. The summed E-state index contributed by atoms with van der Waals surface area (Å²) in [5.74, 6) is 2.00. The van der Waals surface area contributed by atoms with Crippen LogP contribution >= 0.6 is 11.8 Å². The zero-order valence-electron chi connectivity index (χ0n) is 9.33. The van der Waals surface area contributed by atoms with Crippen molar-refractivity contribution in [1.82, 2.24) is 0 Å². The second kappa shape index (κ2) is 5.37. The summed E-state index contributed by atoms with van der Waals surface area (Å²) in [5.41, 5.74) is 1.32. The number of aliphatic hydroxyl groups excluding tert-OH is 1. The Balaban J connectivity index is 2.34. The Labute approximate surface area is 104 Å². The van der Waals surface area contributed by atoms with Crippen LogP contribution < -0.4 is 4.90 Å². The normalized spacial score (nSPS) is 15.9. The quantitative estimate of drug-likeness (QED) is 0.656. The van der Waals surface area contributed by atoms with E-state index in [1.54, 1.807) is 12.1 Å². The molecule has 0 bridgehead atoms. The van der Waals surface area contributed by atoms with Gasteiger partial charge < -0.3 is 10.0 Å².